The summed E-state index contributed by atoms with van der Waals surface area (Å²) in [5, 5.41) is 8.84. The van der Waals surface area contributed by atoms with Crippen LogP contribution in [0.4, 0.5) is 0 Å². The van der Waals surface area contributed by atoms with E-state index in [4.69, 9.17) is 29.9 Å². The first kappa shape index (κ1) is 43.1. The maximum atomic E-state index is 5.42. The lowest BCUT2D eigenvalue weighted by Crippen LogP contribution is -2.26. The van der Waals surface area contributed by atoms with Gasteiger partial charge in [0.25, 0.3) is 0 Å². The van der Waals surface area contributed by atoms with E-state index in [0.29, 0.717) is 34.9 Å². The first-order valence-corrected chi connectivity index (χ1v) is 26.1. The van der Waals surface area contributed by atoms with Crippen molar-refractivity contribution in [1.29, 1.82) is 0 Å². The van der Waals surface area contributed by atoms with Crippen LogP contribution < -0.4 is 0 Å². The molecule has 2 aliphatic rings. The van der Waals surface area contributed by atoms with Crippen LogP contribution in [-0.2, 0) is 5.41 Å². The van der Waals surface area contributed by atoms with E-state index in [0.717, 1.165) is 87.6 Å². The molecular formula is C71H42N6. The summed E-state index contributed by atoms with van der Waals surface area (Å²) >= 11 is 0. The highest BCUT2D eigenvalue weighted by Crippen LogP contribution is 2.63. The van der Waals surface area contributed by atoms with E-state index < -0.39 is 5.41 Å². The molecule has 2 aromatic heterocycles. The van der Waals surface area contributed by atoms with Crippen molar-refractivity contribution in [2.24, 2.45) is 0 Å². The van der Waals surface area contributed by atoms with E-state index in [2.05, 4.69) is 255 Å². The predicted molar refractivity (Wildman–Crippen MR) is 312 cm³/mol. The maximum Gasteiger partial charge on any atom is 0.164 e. The Balaban J connectivity index is 0.934. The third kappa shape index (κ3) is 6.55. The molecule has 356 valence electrons. The lowest BCUT2D eigenvalue weighted by molar-refractivity contribution is 0.794. The molecule has 0 atom stereocenters. The molecule has 77 heavy (non-hydrogen) atoms. The van der Waals surface area contributed by atoms with Crippen molar-refractivity contribution < 1.29 is 0 Å². The summed E-state index contributed by atoms with van der Waals surface area (Å²) in [4.78, 5) is 32.3. The smallest absolute Gasteiger partial charge is 0.164 e. The van der Waals surface area contributed by atoms with Crippen LogP contribution in [0.15, 0.2) is 255 Å². The lowest BCUT2D eigenvalue weighted by atomic mass is 9.70. The van der Waals surface area contributed by atoms with Crippen LogP contribution in [0.25, 0.3) is 134 Å². The van der Waals surface area contributed by atoms with Gasteiger partial charge < -0.3 is 0 Å². The van der Waals surface area contributed by atoms with Crippen LogP contribution in [0, 0.1) is 0 Å². The molecule has 14 aromatic rings. The van der Waals surface area contributed by atoms with Gasteiger partial charge in [0.1, 0.15) is 0 Å². The fourth-order valence-electron chi connectivity index (χ4n) is 12.6. The molecule has 0 fully saturated rings. The highest BCUT2D eigenvalue weighted by Gasteiger charge is 2.52. The predicted octanol–water partition coefficient (Wildman–Crippen LogP) is 17.0. The van der Waals surface area contributed by atoms with E-state index in [1.807, 2.05) is 0 Å². The molecule has 0 saturated heterocycles. The zero-order valence-corrected chi connectivity index (χ0v) is 41.4. The normalized spacial score (nSPS) is 12.8. The minimum atomic E-state index is -0.711. The molecule has 6 heteroatoms. The minimum absolute atomic E-state index is 0.604. The van der Waals surface area contributed by atoms with Gasteiger partial charge in [-0.1, -0.05) is 243 Å². The summed E-state index contributed by atoms with van der Waals surface area (Å²) in [6.45, 7) is 0. The summed E-state index contributed by atoms with van der Waals surface area (Å²) in [7, 11) is 0. The van der Waals surface area contributed by atoms with Crippen LogP contribution in [0.1, 0.15) is 22.3 Å². The monoisotopic (exact) mass is 978 g/mol. The Kier molecular flexibility index (Phi) is 9.45. The Morgan fingerprint density at radius 1 is 0.195 bits per heavy atom. The van der Waals surface area contributed by atoms with Gasteiger partial charge in [-0.25, -0.2) is 29.9 Å². The number of benzene rings is 12. The minimum Gasteiger partial charge on any atom is -0.208 e. The van der Waals surface area contributed by atoms with Crippen molar-refractivity contribution in [2.45, 2.75) is 5.41 Å². The van der Waals surface area contributed by atoms with E-state index >= 15 is 0 Å². The topological polar surface area (TPSA) is 77.3 Å². The Morgan fingerprint density at radius 2 is 0.455 bits per heavy atom. The number of hydrogen-bond acceptors (Lipinski definition) is 6. The molecule has 16 rings (SSSR count). The third-order valence-corrected chi connectivity index (χ3v) is 16.0. The Morgan fingerprint density at radius 3 is 0.805 bits per heavy atom. The van der Waals surface area contributed by atoms with Gasteiger partial charge in [0, 0.05) is 33.4 Å². The first-order valence-electron chi connectivity index (χ1n) is 26.1. The van der Waals surface area contributed by atoms with Crippen LogP contribution in [0.5, 0.6) is 0 Å². The van der Waals surface area contributed by atoms with Gasteiger partial charge in [-0.05, 0) is 99.7 Å². The van der Waals surface area contributed by atoms with Gasteiger partial charge in [-0.2, -0.15) is 0 Å². The zero-order valence-electron chi connectivity index (χ0n) is 41.4. The fraction of sp³-hybridized carbons (Fsp3) is 0.0141. The average Bonchev–Trinajstić information content (AvgIpc) is 4.01. The second-order valence-corrected chi connectivity index (χ2v) is 20.1. The number of rotatable bonds is 6. The van der Waals surface area contributed by atoms with Crippen LogP contribution >= 0.6 is 0 Å². The van der Waals surface area contributed by atoms with Crippen molar-refractivity contribution in [2.75, 3.05) is 0 Å². The van der Waals surface area contributed by atoms with Gasteiger partial charge in [0.05, 0.1) is 5.41 Å². The van der Waals surface area contributed by atoms with E-state index in [-0.39, 0.29) is 0 Å². The lowest BCUT2D eigenvalue weighted by Gasteiger charge is -2.31. The number of aromatic nitrogens is 6. The SMILES string of the molecule is c1ccc2c(c1)-c1ccccc1C21c2cc(-c3nc(-c4cccc5ccccc45)nc(-c4cccc5ccccc45)n3)ccc2-c2ccc(-c3nc(-c4cccc5ccccc45)nc(-c4cccc5ccccc45)n3)cc21. The molecule has 6 nitrogen and oxygen atoms in total. The molecule has 1 spiro atoms. The Bertz CT molecular complexity index is 4270. The second kappa shape index (κ2) is 16.9. The molecule has 0 unspecified atom stereocenters. The zero-order chi connectivity index (χ0) is 50.6. The largest absolute Gasteiger partial charge is 0.208 e. The van der Waals surface area contributed by atoms with Gasteiger partial charge in [0.15, 0.2) is 34.9 Å². The summed E-state index contributed by atoms with van der Waals surface area (Å²) < 4.78 is 0. The second-order valence-electron chi connectivity index (χ2n) is 20.1. The summed E-state index contributed by atoms with van der Waals surface area (Å²) in [5.41, 5.74) is 14.4. The van der Waals surface area contributed by atoms with Crippen molar-refractivity contribution in [1.82, 2.24) is 29.9 Å². The summed E-state index contributed by atoms with van der Waals surface area (Å²) in [6.07, 6.45) is 0. The molecule has 12 aromatic carbocycles. The van der Waals surface area contributed by atoms with Gasteiger partial charge in [0.2, 0.25) is 0 Å². The van der Waals surface area contributed by atoms with Crippen molar-refractivity contribution >= 4 is 43.1 Å². The molecule has 0 N–H and O–H groups in total. The van der Waals surface area contributed by atoms with Crippen LogP contribution in [0.3, 0.4) is 0 Å². The van der Waals surface area contributed by atoms with Crippen molar-refractivity contribution in [3.63, 3.8) is 0 Å². The first-order chi connectivity index (χ1) is 38.2. The quantitative estimate of drug-likeness (QED) is 0.165. The summed E-state index contributed by atoms with van der Waals surface area (Å²) in [6, 6.07) is 90.6. The van der Waals surface area contributed by atoms with E-state index in [1.165, 1.54) is 33.4 Å². The van der Waals surface area contributed by atoms with Crippen molar-refractivity contribution in [3.8, 4) is 90.6 Å². The molecule has 0 aliphatic heterocycles. The maximum absolute atomic E-state index is 5.42. The van der Waals surface area contributed by atoms with Gasteiger partial charge >= 0.3 is 0 Å². The Hall–Kier alpha value is -10.3. The molecule has 0 amide bonds. The standard InChI is InChI=1S/C71H42N6/c1-5-25-49-43(17-1)21-13-31-57(49)67-72-65(73-68(76-67)58-32-14-22-44-18-2-6-26-50(44)58)47-37-39-55-56-40-38-48(42-64(56)71(63(55)41-47)61-35-11-9-29-53(61)54-30-10-12-36-62(54)71)66-74-69(59-33-15-23-45-19-3-7-27-51(45)59)77-70(75-66)60-34-16-24-46-20-4-8-28-52(46)60/h1-42H. The summed E-state index contributed by atoms with van der Waals surface area (Å²) in [5.74, 6) is 3.70. The molecule has 0 radical (unpaired) electrons. The van der Waals surface area contributed by atoms with Crippen LogP contribution in [0.2, 0.25) is 0 Å². The molecule has 0 bridgehead atoms. The van der Waals surface area contributed by atoms with E-state index in [9.17, 15) is 0 Å². The van der Waals surface area contributed by atoms with Gasteiger partial charge in [-0.3, -0.25) is 0 Å². The third-order valence-electron chi connectivity index (χ3n) is 16.0. The molecule has 2 aliphatic carbocycles. The fourth-order valence-corrected chi connectivity index (χ4v) is 12.6. The molecule has 0 saturated carbocycles. The Labute approximate surface area is 443 Å². The molecule has 2 heterocycles. The number of nitrogens with zero attached hydrogens (tertiary/aromatic N) is 6. The molecular weight excluding hydrogens is 937 g/mol. The van der Waals surface area contributed by atoms with Gasteiger partial charge in [-0.15, -0.1) is 0 Å². The van der Waals surface area contributed by atoms with Crippen LogP contribution in [-0.4, -0.2) is 29.9 Å². The van der Waals surface area contributed by atoms with E-state index in [1.54, 1.807) is 0 Å². The number of hydrogen-bond donors (Lipinski definition) is 0. The highest BCUT2D eigenvalue weighted by molar-refractivity contribution is 6.01. The average molecular weight is 979 g/mol. The van der Waals surface area contributed by atoms with Crippen molar-refractivity contribution in [3.05, 3.63) is 277 Å². The number of fused-ring (bicyclic) bond motifs is 14. The highest BCUT2D eigenvalue weighted by atomic mass is 15.0.